The van der Waals surface area contributed by atoms with Crippen LogP contribution in [0.25, 0.3) is 0 Å². The number of aliphatic hydroxyl groups is 1. The zero-order valence-corrected chi connectivity index (χ0v) is 56.7. The predicted molar refractivity (Wildman–Crippen MR) is 340 cm³/mol. The van der Waals surface area contributed by atoms with Crippen molar-refractivity contribution in [2.24, 2.45) is 11.8 Å². The highest BCUT2D eigenvalue weighted by Gasteiger charge is 2.30. The van der Waals surface area contributed by atoms with Gasteiger partial charge in [-0.05, 0) is 37.5 Å². The standard InChI is InChI=1S/C66H128O17P2/c1-7-10-12-14-15-16-17-18-19-20-21-22-25-32-38-44-50-65(70)83-62(55-77-64(69)49-43-37-31-26-23-24-29-35-40-46-58(4)5)57-81-85(74,75)79-53-60(67)52-78-84(72,73)80-56-61(54-76-63(68)48-42-34-13-11-8-2)82-66(71)51-45-39-33-28-27-30-36-41-47-59(6)9-3/h58-62,67H,7-57H2,1-6H3,(H,72,73)(H,74,75)/t59?,60-,61+,62+/m0/s1. The molecule has 0 saturated carbocycles. The van der Waals surface area contributed by atoms with Crippen LogP contribution in [-0.2, 0) is 65.4 Å². The molecule has 0 aliphatic heterocycles. The van der Waals surface area contributed by atoms with Crippen LogP contribution in [0.1, 0.15) is 330 Å². The average molecular weight is 1260 g/mol. The van der Waals surface area contributed by atoms with Gasteiger partial charge in [-0.3, -0.25) is 37.3 Å². The molecule has 0 aromatic carbocycles. The molecular weight excluding hydrogens is 1130 g/mol. The smallest absolute Gasteiger partial charge is 0.462 e. The fourth-order valence-corrected chi connectivity index (χ4v) is 11.4. The van der Waals surface area contributed by atoms with Gasteiger partial charge in [0.25, 0.3) is 0 Å². The van der Waals surface area contributed by atoms with Crippen molar-refractivity contribution in [2.75, 3.05) is 39.6 Å². The predicted octanol–water partition coefficient (Wildman–Crippen LogP) is 18.4. The maximum absolute atomic E-state index is 13.0. The van der Waals surface area contributed by atoms with Crippen LogP contribution in [0, 0.1) is 11.8 Å². The van der Waals surface area contributed by atoms with Gasteiger partial charge < -0.3 is 33.8 Å². The van der Waals surface area contributed by atoms with Crippen LogP contribution in [0.4, 0.5) is 0 Å². The van der Waals surface area contributed by atoms with E-state index >= 15 is 0 Å². The van der Waals surface area contributed by atoms with Crippen molar-refractivity contribution in [3.8, 4) is 0 Å². The van der Waals surface area contributed by atoms with E-state index in [-0.39, 0.29) is 25.7 Å². The van der Waals surface area contributed by atoms with Crippen LogP contribution in [0.3, 0.4) is 0 Å². The average Bonchev–Trinajstić information content (AvgIpc) is 3.49. The second-order valence-corrected chi connectivity index (χ2v) is 27.5. The van der Waals surface area contributed by atoms with E-state index < -0.39 is 97.5 Å². The molecule has 0 aromatic heterocycles. The van der Waals surface area contributed by atoms with Crippen molar-refractivity contribution < 1.29 is 80.2 Å². The normalized spacial score (nSPS) is 14.6. The van der Waals surface area contributed by atoms with Crippen LogP contribution in [0.15, 0.2) is 0 Å². The summed E-state index contributed by atoms with van der Waals surface area (Å²) in [5.74, 6) is -0.628. The first kappa shape index (κ1) is 83.1. The van der Waals surface area contributed by atoms with Crippen LogP contribution in [0.2, 0.25) is 0 Å². The zero-order chi connectivity index (χ0) is 62.9. The summed E-state index contributed by atoms with van der Waals surface area (Å²) in [6.07, 6.45) is 42.0. The molecule has 85 heavy (non-hydrogen) atoms. The van der Waals surface area contributed by atoms with E-state index in [1.54, 1.807) is 0 Å². The molecule has 0 radical (unpaired) electrons. The van der Waals surface area contributed by atoms with Gasteiger partial charge in [0.1, 0.15) is 19.3 Å². The molecule has 0 heterocycles. The summed E-state index contributed by atoms with van der Waals surface area (Å²) in [5.41, 5.74) is 0. The molecule has 17 nitrogen and oxygen atoms in total. The van der Waals surface area contributed by atoms with E-state index in [1.165, 1.54) is 141 Å². The molecule has 0 amide bonds. The molecule has 6 atom stereocenters. The van der Waals surface area contributed by atoms with E-state index in [9.17, 15) is 43.2 Å². The van der Waals surface area contributed by atoms with E-state index in [4.69, 9.17) is 37.0 Å². The van der Waals surface area contributed by atoms with Gasteiger partial charge in [0, 0.05) is 25.7 Å². The SMILES string of the molecule is CCCCCCCCCCCCCCCCCCC(=O)O[C@H](COC(=O)CCCCCCCCCCCC(C)C)COP(=O)(O)OC[C@@H](O)COP(=O)(O)OC[C@@H](COC(=O)CCCCCCC)OC(=O)CCCCCCCCCCC(C)CC. The number of hydrogen-bond donors (Lipinski definition) is 3. The highest BCUT2D eigenvalue weighted by Crippen LogP contribution is 2.45. The fourth-order valence-electron chi connectivity index (χ4n) is 9.85. The highest BCUT2D eigenvalue weighted by atomic mass is 31.2. The Morgan fingerprint density at radius 1 is 0.341 bits per heavy atom. The summed E-state index contributed by atoms with van der Waals surface area (Å²) in [7, 11) is -9.88. The molecule has 3 unspecified atom stereocenters. The Bertz CT molecular complexity index is 1670. The molecule has 0 aliphatic rings. The number of unbranched alkanes of at least 4 members (excludes halogenated alkanes) is 34. The molecule has 0 bridgehead atoms. The van der Waals surface area contributed by atoms with Gasteiger partial charge in [0.2, 0.25) is 0 Å². The summed E-state index contributed by atoms with van der Waals surface area (Å²) in [6.45, 7) is 9.41. The van der Waals surface area contributed by atoms with E-state index in [2.05, 4.69) is 41.5 Å². The number of esters is 4. The zero-order valence-electron chi connectivity index (χ0n) is 54.9. The molecule has 0 aliphatic carbocycles. The molecule has 0 rings (SSSR count). The number of rotatable bonds is 65. The van der Waals surface area contributed by atoms with Gasteiger partial charge in [0.15, 0.2) is 12.2 Å². The molecule has 0 spiro atoms. The Morgan fingerprint density at radius 2 is 0.600 bits per heavy atom. The lowest BCUT2D eigenvalue weighted by Gasteiger charge is -2.21. The number of ether oxygens (including phenoxy) is 4. The van der Waals surface area contributed by atoms with Crippen LogP contribution in [-0.4, -0.2) is 96.7 Å². The number of carbonyl (C=O) groups excluding carboxylic acids is 4. The van der Waals surface area contributed by atoms with Crippen molar-refractivity contribution in [1.82, 2.24) is 0 Å². The minimum Gasteiger partial charge on any atom is -0.462 e. The van der Waals surface area contributed by atoms with Gasteiger partial charge in [-0.15, -0.1) is 0 Å². The summed E-state index contributed by atoms with van der Waals surface area (Å²) in [4.78, 5) is 72.1. The van der Waals surface area contributed by atoms with E-state index in [1.807, 2.05) is 0 Å². The van der Waals surface area contributed by atoms with Crippen molar-refractivity contribution in [3.05, 3.63) is 0 Å². The minimum absolute atomic E-state index is 0.104. The molecule has 0 saturated heterocycles. The first-order chi connectivity index (χ1) is 40.9. The van der Waals surface area contributed by atoms with Crippen LogP contribution >= 0.6 is 15.6 Å². The van der Waals surface area contributed by atoms with Gasteiger partial charge >= 0.3 is 39.5 Å². The summed E-state index contributed by atoms with van der Waals surface area (Å²) >= 11 is 0. The highest BCUT2D eigenvalue weighted by molar-refractivity contribution is 7.47. The Kier molecular flexibility index (Phi) is 57.1. The number of hydrogen-bond acceptors (Lipinski definition) is 15. The lowest BCUT2D eigenvalue weighted by molar-refractivity contribution is -0.161. The Labute approximate surface area is 517 Å². The van der Waals surface area contributed by atoms with Gasteiger partial charge in [-0.1, -0.05) is 279 Å². The number of phosphoric ester groups is 2. The quantitative estimate of drug-likeness (QED) is 0.0222. The van der Waals surface area contributed by atoms with E-state index in [0.29, 0.717) is 25.7 Å². The molecule has 19 heteroatoms. The third kappa shape index (κ3) is 59.5. The third-order valence-corrected chi connectivity index (χ3v) is 17.5. The van der Waals surface area contributed by atoms with Crippen LogP contribution in [0.5, 0.6) is 0 Å². The van der Waals surface area contributed by atoms with Crippen molar-refractivity contribution in [2.45, 2.75) is 349 Å². The lowest BCUT2D eigenvalue weighted by Crippen LogP contribution is -2.30. The third-order valence-electron chi connectivity index (χ3n) is 15.6. The summed E-state index contributed by atoms with van der Waals surface area (Å²) in [5, 5.41) is 10.5. The first-order valence-corrected chi connectivity index (χ1v) is 37.5. The number of carbonyl (C=O) groups is 4. The molecule has 3 N–H and O–H groups in total. The number of phosphoric acid groups is 2. The largest absolute Gasteiger partial charge is 0.472 e. The Balaban J connectivity index is 5.17. The molecule has 0 fully saturated rings. The fraction of sp³-hybridized carbons (Fsp3) is 0.939. The summed E-state index contributed by atoms with van der Waals surface area (Å²) < 4.78 is 67.9. The second-order valence-electron chi connectivity index (χ2n) is 24.6. The van der Waals surface area contributed by atoms with Crippen molar-refractivity contribution in [1.29, 1.82) is 0 Å². The Morgan fingerprint density at radius 3 is 0.894 bits per heavy atom. The minimum atomic E-state index is -4.95. The molecule has 504 valence electrons. The lowest BCUT2D eigenvalue weighted by atomic mass is 9.99. The summed E-state index contributed by atoms with van der Waals surface area (Å²) in [6, 6.07) is 0. The first-order valence-electron chi connectivity index (χ1n) is 34.5. The maximum atomic E-state index is 13.0. The van der Waals surface area contributed by atoms with Gasteiger partial charge in [-0.2, -0.15) is 0 Å². The van der Waals surface area contributed by atoms with E-state index in [0.717, 1.165) is 108 Å². The van der Waals surface area contributed by atoms with Gasteiger partial charge in [0.05, 0.1) is 26.4 Å². The van der Waals surface area contributed by atoms with Crippen LogP contribution < -0.4 is 0 Å². The van der Waals surface area contributed by atoms with Crippen molar-refractivity contribution >= 4 is 39.5 Å². The second kappa shape index (κ2) is 58.4. The Hall–Kier alpha value is -1.94. The maximum Gasteiger partial charge on any atom is 0.472 e. The monoisotopic (exact) mass is 1250 g/mol. The molecule has 0 aromatic rings. The van der Waals surface area contributed by atoms with Crippen molar-refractivity contribution in [3.63, 3.8) is 0 Å². The topological polar surface area (TPSA) is 237 Å². The molecular formula is C66H128O17P2. The number of aliphatic hydroxyl groups excluding tert-OH is 1. The van der Waals surface area contributed by atoms with Gasteiger partial charge in [-0.25, -0.2) is 9.13 Å².